The Morgan fingerprint density at radius 3 is 2.80 bits per heavy atom. The number of hydrogen-bond acceptors (Lipinski definition) is 2. The van der Waals surface area contributed by atoms with Crippen molar-refractivity contribution < 1.29 is 0 Å². The molecule has 1 heterocycles. The molecule has 0 saturated heterocycles. The summed E-state index contributed by atoms with van der Waals surface area (Å²) in [5.41, 5.74) is 8.64. The van der Waals surface area contributed by atoms with Crippen LogP contribution in [0.15, 0.2) is 30.5 Å². The zero-order chi connectivity index (χ0) is 10.8. The molecule has 2 N–H and O–H groups in total. The largest absolute Gasteiger partial charge is 0.325 e. The van der Waals surface area contributed by atoms with Crippen molar-refractivity contribution in [3.63, 3.8) is 0 Å². The second-order valence-electron chi connectivity index (χ2n) is 3.34. The van der Waals surface area contributed by atoms with E-state index in [9.17, 15) is 0 Å². The zero-order valence-electron chi connectivity index (χ0n) is 8.44. The third kappa shape index (κ3) is 1.76. The molecule has 0 aliphatic heterocycles. The molecular weight excluding hydrogens is 210 g/mol. The van der Waals surface area contributed by atoms with Crippen LogP contribution < -0.4 is 5.73 Å². The molecule has 2 aromatic rings. The highest BCUT2D eigenvalue weighted by molar-refractivity contribution is 6.31. The van der Waals surface area contributed by atoms with E-state index in [2.05, 4.69) is 5.10 Å². The van der Waals surface area contributed by atoms with Gasteiger partial charge in [0.25, 0.3) is 0 Å². The summed E-state index contributed by atoms with van der Waals surface area (Å²) in [5.74, 6) is 0. The summed E-state index contributed by atoms with van der Waals surface area (Å²) in [6.07, 6.45) is 1.62. The number of halogens is 1. The van der Waals surface area contributed by atoms with E-state index < -0.39 is 0 Å². The van der Waals surface area contributed by atoms with Crippen LogP contribution in [0, 0.1) is 6.92 Å². The van der Waals surface area contributed by atoms with Crippen LogP contribution >= 0.6 is 11.6 Å². The Hall–Kier alpha value is -1.32. The Kier molecular flexibility index (Phi) is 2.75. The topological polar surface area (TPSA) is 43.8 Å². The monoisotopic (exact) mass is 221 g/mol. The molecule has 3 nitrogen and oxygen atoms in total. The first-order chi connectivity index (χ1) is 7.24. The maximum atomic E-state index is 5.98. The van der Waals surface area contributed by atoms with Crippen molar-refractivity contribution in [3.05, 3.63) is 46.7 Å². The van der Waals surface area contributed by atoms with Gasteiger partial charge in [0, 0.05) is 6.54 Å². The van der Waals surface area contributed by atoms with Crippen LogP contribution in [0.3, 0.4) is 0 Å². The van der Waals surface area contributed by atoms with E-state index in [1.807, 2.05) is 31.2 Å². The summed E-state index contributed by atoms with van der Waals surface area (Å²) in [4.78, 5) is 0. The van der Waals surface area contributed by atoms with Gasteiger partial charge in [-0.1, -0.05) is 29.8 Å². The number of benzene rings is 1. The predicted molar refractivity (Wildman–Crippen MR) is 61.2 cm³/mol. The fourth-order valence-electron chi connectivity index (χ4n) is 1.55. The Labute approximate surface area is 93.5 Å². The summed E-state index contributed by atoms with van der Waals surface area (Å²) >= 11 is 5.98. The minimum Gasteiger partial charge on any atom is -0.325 e. The summed E-state index contributed by atoms with van der Waals surface area (Å²) in [6.45, 7) is 2.42. The van der Waals surface area contributed by atoms with Gasteiger partial charge in [-0.2, -0.15) is 5.10 Å². The van der Waals surface area contributed by atoms with Crippen molar-refractivity contribution >= 4 is 11.6 Å². The quantitative estimate of drug-likeness (QED) is 0.846. The average Bonchev–Trinajstić information content (AvgIpc) is 2.60. The van der Waals surface area contributed by atoms with Gasteiger partial charge in [0.15, 0.2) is 0 Å². The Balaban J connectivity index is 2.59. The van der Waals surface area contributed by atoms with E-state index in [1.165, 1.54) is 0 Å². The molecule has 0 aliphatic rings. The van der Waals surface area contributed by atoms with Gasteiger partial charge in [0.1, 0.15) is 0 Å². The minimum absolute atomic E-state index is 0.382. The maximum Gasteiger partial charge on any atom is 0.0835 e. The van der Waals surface area contributed by atoms with Gasteiger partial charge in [-0.05, 0) is 18.6 Å². The van der Waals surface area contributed by atoms with E-state index in [-0.39, 0.29) is 0 Å². The lowest BCUT2D eigenvalue weighted by molar-refractivity contribution is 0.799. The van der Waals surface area contributed by atoms with Crippen LogP contribution in [0.4, 0.5) is 0 Å². The Bertz CT molecular complexity index is 476. The zero-order valence-corrected chi connectivity index (χ0v) is 9.20. The SMILES string of the molecule is Cc1ccccc1-n1ncc(Cl)c1CN. The normalized spacial score (nSPS) is 10.6. The van der Waals surface area contributed by atoms with E-state index in [0.717, 1.165) is 16.9 Å². The molecule has 1 aromatic heterocycles. The van der Waals surface area contributed by atoms with E-state index in [4.69, 9.17) is 17.3 Å². The van der Waals surface area contributed by atoms with Crippen molar-refractivity contribution in [3.8, 4) is 5.69 Å². The van der Waals surface area contributed by atoms with Crippen molar-refractivity contribution in [2.45, 2.75) is 13.5 Å². The molecule has 0 saturated carbocycles. The summed E-state index contributed by atoms with van der Waals surface area (Å²) in [5, 5.41) is 4.83. The number of aryl methyl sites for hydroxylation is 1. The molecule has 4 heteroatoms. The third-order valence-corrected chi connectivity index (χ3v) is 2.67. The number of aromatic nitrogens is 2. The number of nitrogens with two attached hydrogens (primary N) is 1. The second kappa shape index (κ2) is 4.04. The highest BCUT2D eigenvalue weighted by Crippen LogP contribution is 2.20. The predicted octanol–water partition coefficient (Wildman–Crippen LogP) is 2.29. The highest BCUT2D eigenvalue weighted by atomic mass is 35.5. The highest BCUT2D eigenvalue weighted by Gasteiger charge is 2.09. The van der Waals surface area contributed by atoms with E-state index >= 15 is 0 Å². The number of rotatable bonds is 2. The molecule has 2 rings (SSSR count). The number of hydrogen-bond donors (Lipinski definition) is 1. The molecule has 0 bridgehead atoms. The van der Waals surface area contributed by atoms with Crippen LogP contribution in [-0.2, 0) is 6.54 Å². The van der Waals surface area contributed by atoms with Gasteiger partial charge in [-0.15, -0.1) is 0 Å². The standard InChI is InChI=1S/C11H12ClN3/c1-8-4-2-3-5-10(8)15-11(6-13)9(12)7-14-15/h2-5,7H,6,13H2,1H3. The average molecular weight is 222 g/mol. The Morgan fingerprint density at radius 2 is 2.13 bits per heavy atom. The first-order valence-corrected chi connectivity index (χ1v) is 5.10. The van der Waals surface area contributed by atoms with E-state index in [1.54, 1.807) is 10.9 Å². The molecule has 0 fully saturated rings. The first kappa shape index (κ1) is 10.2. The summed E-state index contributed by atoms with van der Waals surface area (Å²) in [6, 6.07) is 7.99. The molecule has 0 radical (unpaired) electrons. The van der Waals surface area contributed by atoms with Gasteiger partial charge in [0.2, 0.25) is 0 Å². The van der Waals surface area contributed by atoms with Crippen LogP contribution in [0.5, 0.6) is 0 Å². The van der Waals surface area contributed by atoms with Gasteiger partial charge in [-0.3, -0.25) is 0 Å². The molecule has 0 aliphatic carbocycles. The number of para-hydroxylation sites is 1. The Morgan fingerprint density at radius 1 is 1.40 bits per heavy atom. The molecule has 0 atom stereocenters. The maximum absolute atomic E-state index is 5.98. The lowest BCUT2D eigenvalue weighted by atomic mass is 10.2. The molecule has 0 unspecified atom stereocenters. The molecule has 0 amide bonds. The third-order valence-electron chi connectivity index (χ3n) is 2.35. The van der Waals surface area contributed by atoms with Gasteiger partial charge < -0.3 is 5.73 Å². The molecule has 0 spiro atoms. The van der Waals surface area contributed by atoms with Crippen LogP contribution in [0.2, 0.25) is 5.02 Å². The first-order valence-electron chi connectivity index (χ1n) is 4.72. The van der Waals surface area contributed by atoms with Gasteiger partial charge in [-0.25, -0.2) is 4.68 Å². The van der Waals surface area contributed by atoms with Crippen molar-refractivity contribution in [2.75, 3.05) is 0 Å². The fourth-order valence-corrected chi connectivity index (χ4v) is 1.75. The van der Waals surface area contributed by atoms with Crippen molar-refractivity contribution in [1.29, 1.82) is 0 Å². The minimum atomic E-state index is 0.382. The van der Waals surface area contributed by atoms with Crippen LogP contribution in [0.25, 0.3) is 5.69 Å². The smallest absolute Gasteiger partial charge is 0.0835 e. The molecular formula is C11H12ClN3. The number of nitrogens with zero attached hydrogens (tertiary/aromatic N) is 2. The molecule has 1 aromatic carbocycles. The summed E-state index contributed by atoms with van der Waals surface area (Å²) in [7, 11) is 0. The van der Waals surface area contributed by atoms with Crippen molar-refractivity contribution in [1.82, 2.24) is 9.78 Å². The molecule has 15 heavy (non-hydrogen) atoms. The lowest BCUT2D eigenvalue weighted by Crippen LogP contribution is -2.08. The van der Waals surface area contributed by atoms with Crippen LogP contribution in [0.1, 0.15) is 11.3 Å². The second-order valence-corrected chi connectivity index (χ2v) is 3.75. The summed E-state index contributed by atoms with van der Waals surface area (Å²) < 4.78 is 1.79. The van der Waals surface area contributed by atoms with Crippen molar-refractivity contribution in [2.24, 2.45) is 5.73 Å². The fraction of sp³-hybridized carbons (Fsp3) is 0.182. The van der Waals surface area contributed by atoms with Crippen LogP contribution in [-0.4, -0.2) is 9.78 Å². The molecule has 78 valence electrons. The van der Waals surface area contributed by atoms with E-state index in [0.29, 0.717) is 11.6 Å². The lowest BCUT2D eigenvalue weighted by Gasteiger charge is -2.08. The van der Waals surface area contributed by atoms with Gasteiger partial charge >= 0.3 is 0 Å². The van der Waals surface area contributed by atoms with Gasteiger partial charge in [0.05, 0.1) is 22.6 Å².